The van der Waals surface area contributed by atoms with E-state index in [0.29, 0.717) is 11.7 Å². The van der Waals surface area contributed by atoms with Crippen molar-refractivity contribution in [3.05, 3.63) is 35.5 Å². The Morgan fingerprint density at radius 1 is 1.42 bits per heavy atom. The lowest BCUT2D eigenvalue weighted by Crippen LogP contribution is -2.07. The second-order valence-corrected chi connectivity index (χ2v) is 3.74. The molecule has 60 valence electrons. The third-order valence-corrected chi connectivity index (χ3v) is 3.15. The molecule has 0 spiro atoms. The second kappa shape index (κ2) is 1.98. The van der Waals surface area contributed by atoms with Gasteiger partial charge in [-0.15, -0.1) is 0 Å². The Kier molecular flexibility index (Phi) is 1.06. The summed E-state index contributed by atoms with van der Waals surface area (Å²) >= 11 is 0. The molecule has 1 fully saturated rings. The Hall–Kier alpha value is -1.11. The summed E-state index contributed by atoms with van der Waals surface area (Å²) in [6, 6.07) is 0. The van der Waals surface area contributed by atoms with Gasteiger partial charge in [0.15, 0.2) is 0 Å². The largest absolute Gasteiger partial charge is 0.299 e. The smallest absolute Gasteiger partial charge is 0.140 e. The van der Waals surface area contributed by atoms with Crippen LogP contribution in [0.25, 0.3) is 0 Å². The maximum absolute atomic E-state index is 11.4. The molecule has 0 saturated heterocycles. The summed E-state index contributed by atoms with van der Waals surface area (Å²) < 4.78 is 0. The average molecular weight is 158 g/mol. The van der Waals surface area contributed by atoms with E-state index in [4.69, 9.17) is 0 Å². The molecule has 0 radical (unpaired) electrons. The van der Waals surface area contributed by atoms with Crippen LogP contribution in [-0.2, 0) is 4.79 Å². The Morgan fingerprint density at radius 2 is 2.33 bits per heavy atom. The zero-order valence-electron chi connectivity index (χ0n) is 6.79. The summed E-state index contributed by atoms with van der Waals surface area (Å²) in [5.74, 6) is 1.20. The Labute approximate surface area is 71.5 Å². The van der Waals surface area contributed by atoms with Gasteiger partial charge in [-0.3, -0.25) is 4.79 Å². The van der Waals surface area contributed by atoms with Gasteiger partial charge in [0.25, 0.3) is 0 Å². The highest BCUT2D eigenvalue weighted by Gasteiger charge is 2.40. The van der Waals surface area contributed by atoms with Crippen molar-refractivity contribution in [2.75, 3.05) is 0 Å². The Balaban J connectivity index is 2.09. The van der Waals surface area contributed by atoms with E-state index in [2.05, 4.69) is 24.3 Å². The van der Waals surface area contributed by atoms with Gasteiger partial charge in [-0.05, 0) is 23.5 Å². The first-order chi connectivity index (χ1) is 5.86. The van der Waals surface area contributed by atoms with Gasteiger partial charge in [-0.2, -0.15) is 0 Å². The number of allylic oxidation sites excluding steroid dienone is 6. The monoisotopic (exact) mass is 158 g/mol. The molecule has 1 saturated carbocycles. The zero-order chi connectivity index (χ0) is 8.13. The number of carbonyl (C=O) groups is 1. The summed E-state index contributed by atoms with van der Waals surface area (Å²) in [6.07, 6.45) is 10.4. The predicted molar refractivity (Wildman–Crippen MR) is 46.5 cm³/mol. The average Bonchev–Trinajstić information content (AvgIpc) is 2.63. The van der Waals surface area contributed by atoms with Crippen LogP contribution in [0.5, 0.6) is 0 Å². The Bertz CT molecular complexity index is 344. The van der Waals surface area contributed by atoms with E-state index in [9.17, 15) is 4.79 Å². The van der Waals surface area contributed by atoms with Crippen LogP contribution in [-0.4, -0.2) is 5.78 Å². The third-order valence-electron chi connectivity index (χ3n) is 3.15. The van der Waals surface area contributed by atoms with Crippen LogP contribution in [0.1, 0.15) is 12.8 Å². The fourth-order valence-corrected chi connectivity index (χ4v) is 2.56. The van der Waals surface area contributed by atoms with E-state index < -0.39 is 0 Å². The first-order valence-corrected chi connectivity index (χ1v) is 4.49. The predicted octanol–water partition coefficient (Wildman–Crippen LogP) is 2.02. The normalized spacial score (nSPS) is 36.5. The maximum Gasteiger partial charge on any atom is 0.140 e. The van der Waals surface area contributed by atoms with E-state index >= 15 is 0 Å². The molecule has 1 nitrogen and oxygen atoms in total. The number of fused-ring (bicyclic) bond motifs is 3. The number of hydrogen-bond donors (Lipinski definition) is 0. The minimum Gasteiger partial charge on any atom is -0.299 e. The lowest BCUT2D eigenvalue weighted by Gasteiger charge is -2.07. The van der Waals surface area contributed by atoms with Crippen molar-refractivity contribution in [1.82, 2.24) is 0 Å². The minimum atomic E-state index is 0.233. The van der Waals surface area contributed by atoms with Crippen LogP contribution in [0, 0.1) is 11.8 Å². The molecule has 2 unspecified atom stereocenters. The molecule has 0 aliphatic heterocycles. The van der Waals surface area contributed by atoms with Gasteiger partial charge in [0.2, 0.25) is 0 Å². The molecule has 0 bridgehead atoms. The molecular weight excluding hydrogens is 148 g/mol. The molecule has 12 heavy (non-hydrogen) atoms. The van der Waals surface area contributed by atoms with Crippen LogP contribution < -0.4 is 0 Å². The van der Waals surface area contributed by atoms with Gasteiger partial charge in [0.05, 0.1) is 0 Å². The standard InChI is InChI=1S/C11H10O/c12-11-5-4-9-8-3-1-2-7(8)6-10(9)11/h1-3,6,9-10H,4-5H2. The van der Waals surface area contributed by atoms with Crippen LogP contribution >= 0.6 is 0 Å². The van der Waals surface area contributed by atoms with Gasteiger partial charge >= 0.3 is 0 Å². The maximum atomic E-state index is 11.4. The Morgan fingerprint density at radius 3 is 3.25 bits per heavy atom. The first kappa shape index (κ1) is 6.41. The van der Waals surface area contributed by atoms with Gasteiger partial charge in [-0.25, -0.2) is 0 Å². The van der Waals surface area contributed by atoms with E-state index in [1.165, 1.54) is 11.1 Å². The summed E-state index contributed by atoms with van der Waals surface area (Å²) in [5, 5.41) is 0. The molecular formula is C11H10O. The third kappa shape index (κ3) is 0.619. The van der Waals surface area contributed by atoms with Gasteiger partial charge in [0.1, 0.15) is 5.78 Å². The molecule has 0 aromatic heterocycles. The fraction of sp³-hybridized carbons (Fsp3) is 0.364. The molecule has 3 aliphatic rings. The molecule has 0 N–H and O–H groups in total. The van der Waals surface area contributed by atoms with Crippen LogP contribution in [0.15, 0.2) is 35.5 Å². The lowest BCUT2D eigenvalue weighted by atomic mass is 9.95. The van der Waals surface area contributed by atoms with Crippen LogP contribution in [0.4, 0.5) is 0 Å². The molecule has 0 aromatic rings. The van der Waals surface area contributed by atoms with Gasteiger partial charge in [0, 0.05) is 12.3 Å². The van der Waals surface area contributed by atoms with Crippen molar-refractivity contribution in [1.29, 1.82) is 0 Å². The molecule has 0 amide bonds. The van der Waals surface area contributed by atoms with E-state index in [0.717, 1.165) is 12.8 Å². The molecule has 3 aliphatic carbocycles. The molecule has 0 heterocycles. The topological polar surface area (TPSA) is 17.1 Å². The molecule has 2 atom stereocenters. The molecule has 3 rings (SSSR count). The highest BCUT2D eigenvalue weighted by molar-refractivity contribution is 5.88. The fourth-order valence-electron chi connectivity index (χ4n) is 2.56. The minimum absolute atomic E-state index is 0.233. The highest BCUT2D eigenvalue weighted by Crippen LogP contribution is 2.46. The van der Waals surface area contributed by atoms with Gasteiger partial charge in [-0.1, -0.05) is 24.3 Å². The number of Topliss-reactive ketones (excluding diaryl/α,β-unsaturated/α-hetero) is 1. The summed E-state index contributed by atoms with van der Waals surface area (Å²) in [5.41, 5.74) is 2.71. The second-order valence-electron chi connectivity index (χ2n) is 3.74. The summed E-state index contributed by atoms with van der Waals surface area (Å²) in [4.78, 5) is 11.4. The number of carbonyl (C=O) groups excluding carboxylic acids is 1. The van der Waals surface area contributed by atoms with E-state index in [-0.39, 0.29) is 5.92 Å². The summed E-state index contributed by atoms with van der Waals surface area (Å²) in [7, 11) is 0. The van der Waals surface area contributed by atoms with Crippen molar-refractivity contribution in [2.24, 2.45) is 11.8 Å². The van der Waals surface area contributed by atoms with Crippen molar-refractivity contribution in [2.45, 2.75) is 12.8 Å². The highest BCUT2D eigenvalue weighted by atomic mass is 16.1. The molecule has 0 aromatic carbocycles. The van der Waals surface area contributed by atoms with E-state index in [1.807, 2.05) is 0 Å². The quantitative estimate of drug-likeness (QED) is 0.527. The van der Waals surface area contributed by atoms with Crippen molar-refractivity contribution >= 4 is 5.78 Å². The number of rotatable bonds is 0. The van der Waals surface area contributed by atoms with Crippen LogP contribution in [0.2, 0.25) is 0 Å². The summed E-state index contributed by atoms with van der Waals surface area (Å²) in [6.45, 7) is 0. The van der Waals surface area contributed by atoms with Crippen molar-refractivity contribution in [3.63, 3.8) is 0 Å². The van der Waals surface area contributed by atoms with Gasteiger partial charge < -0.3 is 0 Å². The number of hydrogen-bond acceptors (Lipinski definition) is 1. The lowest BCUT2D eigenvalue weighted by molar-refractivity contribution is -0.119. The first-order valence-electron chi connectivity index (χ1n) is 4.49. The number of ketones is 1. The SMILES string of the molecule is O=C1CCC2C3=CC=CC3=CC12. The van der Waals surface area contributed by atoms with E-state index in [1.54, 1.807) is 0 Å². The van der Waals surface area contributed by atoms with Crippen LogP contribution in [0.3, 0.4) is 0 Å². The van der Waals surface area contributed by atoms with Crippen molar-refractivity contribution < 1.29 is 4.79 Å². The van der Waals surface area contributed by atoms with Crippen molar-refractivity contribution in [3.8, 4) is 0 Å². The molecule has 1 heteroatoms. The zero-order valence-corrected chi connectivity index (χ0v) is 6.79.